The molecule has 1 N–H and O–H groups in total. The van der Waals surface area contributed by atoms with E-state index in [1.807, 2.05) is 43.4 Å². The number of halogens is 1. The van der Waals surface area contributed by atoms with Gasteiger partial charge in [0.25, 0.3) is 0 Å². The molecule has 3 nitrogen and oxygen atoms in total. The maximum Gasteiger partial charge on any atom is 0.230 e. The summed E-state index contributed by atoms with van der Waals surface area (Å²) in [7, 11) is 1.86. The van der Waals surface area contributed by atoms with Crippen molar-refractivity contribution in [2.75, 3.05) is 18.9 Å². The molecule has 110 valence electrons. The van der Waals surface area contributed by atoms with Gasteiger partial charge in [0, 0.05) is 24.2 Å². The lowest BCUT2D eigenvalue weighted by Crippen LogP contribution is -2.34. The van der Waals surface area contributed by atoms with Crippen molar-refractivity contribution in [2.24, 2.45) is 0 Å². The fourth-order valence-electron chi connectivity index (χ4n) is 2.74. The predicted molar refractivity (Wildman–Crippen MR) is 88.1 cm³/mol. The highest BCUT2D eigenvalue weighted by molar-refractivity contribution is 7.16. The van der Waals surface area contributed by atoms with Gasteiger partial charge in [-0.1, -0.05) is 29.8 Å². The van der Waals surface area contributed by atoms with E-state index in [0.717, 1.165) is 33.4 Å². The van der Waals surface area contributed by atoms with Crippen molar-refractivity contribution in [1.82, 2.24) is 4.90 Å². The minimum Gasteiger partial charge on any atom is -0.385 e. The Hall–Kier alpha value is -1.52. The highest BCUT2D eigenvalue weighted by Crippen LogP contribution is 2.33. The van der Waals surface area contributed by atoms with Gasteiger partial charge in [0.2, 0.25) is 5.91 Å². The number of nitrogens with one attached hydrogen (secondary N) is 1. The molecule has 5 heteroatoms. The Morgan fingerprint density at radius 1 is 1.38 bits per heavy atom. The molecule has 0 bridgehead atoms. The second kappa shape index (κ2) is 6.08. The molecule has 2 heterocycles. The van der Waals surface area contributed by atoms with Crippen molar-refractivity contribution < 1.29 is 4.79 Å². The number of carbonyl (C=O) groups excluding carboxylic acids is 1. The van der Waals surface area contributed by atoms with E-state index in [2.05, 4.69) is 5.32 Å². The lowest BCUT2D eigenvalue weighted by atomic mass is 9.90. The smallest absolute Gasteiger partial charge is 0.230 e. The highest BCUT2D eigenvalue weighted by atomic mass is 35.5. The van der Waals surface area contributed by atoms with Gasteiger partial charge in [0.1, 0.15) is 0 Å². The van der Waals surface area contributed by atoms with Crippen LogP contribution in [0.1, 0.15) is 22.8 Å². The molecule has 21 heavy (non-hydrogen) atoms. The zero-order valence-electron chi connectivity index (χ0n) is 11.8. The molecular formula is C16H17ClN2OS. The Morgan fingerprint density at radius 3 is 2.95 bits per heavy atom. The van der Waals surface area contributed by atoms with Gasteiger partial charge in [-0.2, -0.15) is 0 Å². The molecule has 2 aromatic rings. The number of nitrogens with zero attached hydrogens (tertiary/aromatic N) is 1. The number of benzene rings is 1. The number of carbonyl (C=O) groups is 1. The molecule has 0 saturated heterocycles. The standard InChI is InChI=1S/C16H17ClN2OS/c1-19(10-11-6-7-15(17)21-11)16(20)13-8-9-18-14-5-3-2-4-12(13)14/h2-7,13,18H,8-10H2,1H3. The first-order chi connectivity index (χ1) is 10.1. The monoisotopic (exact) mass is 320 g/mol. The van der Waals surface area contributed by atoms with Gasteiger partial charge in [0.05, 0.1) is 16.8 Å². The van der Waals surface area contributed by atoms with Crippen LogP contribution < -0.4 is 5.32 Å². The summed E-state index contributed by atoms with van der Waals surface area (Å²) in [6.45, 7) is 1.45. The third kappa shape index (κ3) is 3.06. The van der Waals surface area contributed by atoms with Gasteiger partial charge in [0.15, 0.2) is 0 Å². The van der Waals surface area contributed by atoms with Crippen LogP contribution in [0.5, 0.6) is 0 Å². The zero-order chi connectivity index (χ0) is 14.8. The van der Waals surface area contributed by atoms with E-state index in [-0.39, 0.29) is 11.8 Å². The molecule has 0 spiro atoms. The molecule has 1 amide bonds. The van der Waals surface area contributed by atoms with E-state index >= 15 is 0 Å². The predicted octanol–water partition coefficient (Wildman–Crippen LogP) is 3.96. The molecule has 0 radical (unpaired) electrons. The number of fused-ring (bicyclic) bond motifs is 1. The van der Waals surface area contributed by atoms with Crippen LogP contribution in [-0.2, 0) is 11.3 Å². The van der Waals surface area contributed by atoms with E-state index < -0.39 is 0 Å². The number of thiophene rings is 1. The topological polar surface area (TPSA) is 32.3 Å². The van der Waals surface area contributed by atoms with Crippen LogP contribution in [0, 0.1) is 0 Å². The summed E-state index contributed by atoms with van der Waals surface area (Å²) in [6, 6.07) is 11.9. The molecule has 3 rings (SSSR count). The lowest BCUT2D eigenvalue weighted by Gasteiger charge is -2.29. The molecule has 1 aliphatic rings. The van der Waals surface area contributed by atoms with Crippen LogP contribution in [0.25, 0.3) is 0 Å². The maximum absolute atomic E-state index is 12.7. The van der Waals surface area contributed by atoms with Gasteiger partial charge in [-0.05, 0) is 30.2 Å². The van der Waals surface area contributed by atoms with E-state index in [1.165, 1.54) is 11.3 Å². The molecule has 1 aromatic heterocycles. The number of anilines is 1. The minimum absolute atomic E-state index is 0.0529. The lowest BCUT2D eigenvalue weighted by molar-refractivity contribution is -0.132. The van der Waals surface area contributed by atoms with E-state index in [1.54, 1.807) is 4.90 Å². The van der Waals surface area contributed by atoms with Crippen LogP contribution >= 0.6 is 22.9 Å². The quantitative estimate of drug-likeness (QED) is 0.928. The third-order valence-electron chi connectivity index (χ3n) is 3.78. The average Bonchev–Trinajstić information content (AvgIpc) is 2.91. The van der Waals surface area contributed by atoms with Crippen molar-refractivity contribution in [3.05, 3.63) is 51.2 Å². The number of hydrogen-bond donors (Lipinski definition) is 1. The summed E-state index contributed by atoms with van der Waals surface area (Å²) in [6.07, 6.45) is 0.839. The maximum atomic E-state index is 12.7. The molecule has 0 saturated carbocycles. The highest BCUT2D eigenvalue weighted by Gasteiger charge is 2.28. The van der Waals surface area contributed by atoms with Crippen molar-refractivity contribution in [3.63, 3.8) is 0 Å². The normalized spacial score (nSPS) is 17.0. The second-order valence-corrected chi connectivity index (χ2v) is 7.06. The fourth-order valence-corrected chi connectivity index (χ4v) is 3.88. The molecule has 1 atom stereocenters. The molecule has 1 aliphatic heterocycles. The first-order valence-electron chi connectivity index (χ1n) is 6.97. The molecule has 0 fully saturated rings. The van der Waals surface area contributed by atoms with Crippen molar-refractivity contribution in [2.45, 2.75) is 18.9 Å². The number of hydrogen-bond acceptors (Lipinski definition) is 3. The SMILES string of the molecule is CN(Cc1ccc(Cl)s1)C(=O)C1CCNc2ccccc21. The number of likely N-dealkylation sites (N-methyl/N-ethyl adjacent to an activating group) is 1. The first-order valence-corrected chi connectivity index (χ1v) is 8.16. The Morgan fingerprint density at radius 2 is 2.19 bits per heavy atom. The largest absolute Gasteiger partial charge is 0.385 e. The first kappa shape index (κ1) is 14.4. The average molecular weight is 321 g/mol. The summed E-state index contributed by atoms with van der Waals surface area (Å²) < 4.78 is 0.762. The van der Waals surface area contributed by atoms with Crippen LogP contribution in [0.4, 0.5) is 5.69 Å². The molecule has 1 aromatic carbocycles. The van der Waals surface area contributed by atoms with Crippen molar-refractivity contribution in [1.29, 1.82) is 0 Å². The summed E-state index contributed by atoms with van der Waals surface area (Å²) in [4.78, 5) is 15.7. The summed E-state index contributed by atoms with van der Waals surface area (Å²) >= 11 is 7.47. The van der Waals surface area contributed by atoms with Crippen LogP contribution in [0.3, 0.4) is 0 Å². The van der Waals surface area contributed by atoms with E-state index in [4.69, 9.17) is 11.6 Å². The molecular weight excluding hydrogens is 304 g/mol. The van der Waals surface area contributed by atoms with Gasteiger partial charge in [-0.3, -0.25) is 4.79 Å². The number of rotatable bonds is 3. The Bertz CT molecular complexity index is 655. The van der Waals surface area contributed by atoms with Crippen LogP contribution in [-0.4, -0.2) is 24.4 Å². The van der Waals surface area contributed by atoms with Crippen molar-refractivity contribution in [3.8, 4) is 0 Å². The van der Waals surface area contributed by atoms with Gasteiger partial charge in [-0.25, -0.2) is 0 Å². The zero-order valence-corrected chi connectivity index (χ0v) is 13.4. The van der Waals surface area contributed by atoms with Gasteiger partial charge in [-0.15, -0.1) is 11.3 Å². The Balaban J connectivity index is 1.76. The number of amides is 1. The fraction of sp³-hybridized carbons (Fsp3) is 0.312. The third-order valence-corrected chi connectivity index (χ3v) is 5.00. The summed E-state index contributed by atoms with van der Waals surface area (Å²) in [5, 5.41) is 3.35. The van der Waals surface area contributed by atoms with E-state index in [9.17, 15) is 4.79 Å². The number of para-hydroxylation sites is 1. The summed E-state index contributed by atoms with van der Waals surface area (Å²) in [5.74, 6) is 0.122. The van der Waals surface area contributed by atoms with Gasteiger partial charge >= 0.3 is 0 Å². The van der Waals surface area contributed by atoms with Crippen LogP contribution in [0.15, 0.2) is 36.4 Å². The van der Waals surface area contributed by atoms with Crippen molar-refractivity contribution >= 4 is 34.5 Å². The molecule has 0 aliphatic carbocycles. The Kier molecular flexibility index (Phi) is 4.17. The van der Waals surface area contributed by atoms with E-state index in [0.29, 0.717) is 6.54 Å². The minimum atomic E-state index is -0.0529. The molecule has 1 unspecified atom stereocenters. The summed E-state index contributed by atoms with van der Waals surface area (Å²) in [5.41, 5.74) is 2.18. The second-order valence-electron chi connectivity index (χ2n) is 5.26. The Labute approximate surface area is 133 Å². The van der Waals surface area contributed by atoms with Gasteiger partial charge < -0.3 is 10.2 Å². The van der Waals surface area contributed by atoms with Crippen LogP contribution in [0.2, 0.25) is 4.34 Å².